The van der Waals surface area contributed by atoms with E-state index in [1.54, 1.807) is 23.8 Å². The molecule has 2 fully saturated rings. The number of benzene rings is 1. The van der Waals surface area contributed by atoms with E-state index in [0.717, 1.165) is 44.3 Å². The van der Waals surface area contributed by atoms with Crippen molar-refractivity contribution in [3.63, 3.8) is 0 Å². The highest BCUT2D eigenvalue weighted by Crippen LogP contribution is 2.59. The average molecular weight is 422 g/mol. The van der Waals surface area contributed by atoms with Crippen molar-refractivity contribution in [2.45, 2.75) is 45.6 Å². The van der Waals surface area contributed by atoms with E-state index in [2.05, 4.69) is 35.5 Å². The summed E-state index contributed by atoms with van der Waals surface area (Å²) in [6.45, 7) is 8.00. The van der Waals surface area contributed by atoms with Gasteiger partial charge >= 0.3 is 6.03 Å². The molecule has 1 aromatic carbocycles. The maximum atomic E-state index is 12.3. The topological polar surface area (TPSA) is 44.4 Å². The zero-order valence-corrected chi connectivity index (χ0v) is 18.1. The molecule has 1 aliphatic heterocycles. The minimum absolute atomic E-state index is 0.194. The van der Waals surface area contributed by atoms with E-state index in [4.69, 9.17) is 23.2 Å². The van der Waals surface area contributed by atoms with Crippen LogP contribution in [0, 0.1) is 17.3 Å². The summed E-state index contributed by atoms with van der Waals surface area (Å²) in [4.78, 5) is 14.9. The van der Waals surface area contributed by atoms with Gasteiger partial charge in [0.2, 0.25) is 0 Å². The second-order valence-electron chi connectivity index (χ2n) is 9.07. The van der Waals surface area contributed by atoms with Crippen LogP contribution in [0.15, 0.2) is 29.8 Å². The molecule has 2 amide bonds. The van der Waals surface area contributed by atoms with E-state index in [1.807, 2.05) is 0 Å². The second kappa shape index (κ2) is 7.89. The maximum Gasteiger partial charge on any atom is 0.319 e. The van der Waals surface area contributed by atoms with Gasteiger partial charge in [-0.25, -0.2) is 4.79 Å². The van der Waals surface area contributed by atoms with Crippen LogP contribution in [0.2, 0.25) is 10.0 Å². The maximum absolute atomic E-state index is 12.3. The number of hydrogen-bond donors (Lipinski definition) is 2. The first-order valence-corrected chi connectivity index (χ1v) is 11.0. The Morgan fingerprint density at radius 1 is 1.25 bits per heavy atom. The van der Waals surface area contributed by atoms with Crippen LogP contribution in [0.25, 0.3) is 0 Å². The van der Waals surface area contributed by atoms with Gasteiger partial charge in [-0.2, -0.15) is 0 Å². The zero-order chi connectivity index (χ0) is 19.9. The Morgan fingerprint density at radius 3 is 2.68 bits per heavy atom. The van der Waals surface area contributed by atoms with E-state index in [1.165, 1.54) is 12.8 Å². The van der Waals surface area contributed by atoms with Crippen LogP contribution in [0.3, 0.4) is 0 Å². The number of anilines is 1. The van der Waals surface area contributed by atoms with Crippen LogP contribution >= 0.6 is 23.2 Å². The smallest absolute Gasteiger partial charge is 0.319 e. The Morgan fingerprint density at radius 2 is 2.00 bits per heavy atom. The summed E-state index contributed by atoms with van der Waals surface area (Å²) in [6.07, 6.45) is 7.07. The van der Waals surface area contributed by atoms with Crippen LogP contribution in [0.5, 0.6) is 0 Å². The Kier molecular flexibility index (Phi) is 5.65. The lowest BCUT2D eigenvalue weighted by molar-refractivity contribution is -0.0113. The molecule has 4 aliphatic rings. The van der Waals surface area contributed by atoms with Gasteiger partial charge in [-0.15, -0.1) is 0 Å². The quantitative estimate of drug-likeness (QED) is 0.623. The van der Waals surface area contributed by atoms with Gasteiger partial charge in [0.15, 0.2) is 0 Å². The highest BCUT2D eigenvalue weighted by molar-refractivity contribution is 6.43. The predicted molar refractivity (Wildman–Crippen MR) is 116 cm³/mol. The first kappa shape index (κ1) is 20.1. The fourth-order valence-electron chi connectivity index (χ4n) is 5.09. The molecule has 0 spiro atoms. The normalized spacial score (nSPS) is 26.9. The number of rotatable bonds is 4. The van der Waals surface area contributed by atoms with Crippen molar-refractivity contribution in [1.29, 1.82) is 0 Å². The number of allylic oxidation sites excluding steroid dienone is 1. The fourth-order valence-corrected chi connectivity index (χ4v) is 5.44. The van der Waals surface area contributed by atoms with Gasteiger partial charge in [0, 0.05) is 25.7 Å². The number of nitrogens with zero attached hydrogens (tertiary/aromatic N) is 1. The summed E-state index contributed by atoms with van der Waals surface area (Å²) in [5, 5.41) is 6.69. The van der Waals surface area contributed by atoms with Crippen molar-refractivity contribution in [2.75, 3.05) is 25.0 Å². The monoisotopic (exact) mass is 421 g/mol. The molecule has 3 aliphatic carbocycles. The van der Waals surface area contributed by atoms with E-state index in [-0.39, 0.29) is 12.1 Å². The number of likely N-dealkylation sites (tertiary alicyclic amines) is 1. The van der Waals surface area contributed by atoms with Crippen LogP contribution in [0.1, 0.15) is 39.5 Å². The van der Waals surface area contributed by atoms with Crippen molar-refractivity contribution >= 4 is 34.9 Å². The molecule has 2 bridgehead atoms. The zero-order valence-electron chi connectivity index (χ0n) is 16.6. The number of carbonyl (C=O) groups is 1. The van der Waals surface area contributed by atoms with Crippen molar-refractivity contribution in [3.8, 4) is 0 Å². The molecule has 6 heteroatoms. The minimum atomic E-state index is -0.222. The SMILES string of the molecule is CC1(C)[C@H]2CC=C(CN3CCC(NC(=O)Nc4cccc(Cl)c4Cl)CC3)[C@@H]1C2. The number of carbonyl (C=O) groups excluding carboxylic acids is 1. The number of halogens is 2. The number of nitrogens with one attached hydrogen (secondary N) is 2. The highest BCUT2D eigenvalue weighted by atomic mass is 35.5. The van der Waals surface area contributed by atoms with Gasteiger partial charge in [-0.05, 0) is 55.1 Å². The lowest BCUT2D eigenvalue weighted by atomic mass is 9.49. The van der Waals surface area contributed by atoms with Crippen molar-refractivity contribution in [1.82, 2.24) is 10.2 Å². The summed E-state index contributed by atoms with van der Waals surface area (Å²) in [6, 6.07) is 5.20. The minimum Gasteiger partial charge on any atom is -0.335 e. The average Bonchev–Trinajstić information content (AvgIpc) is 2.67. The second-order valence-corrected chi connectivity index (χ2v) is 9.86. The van der Waals surface area contributed by atoms with Crippen LogP contribution in [0.4, 0.5) is 10.5 Å². The number of urea groups is 1. The Bertz CT molecular complexity index is 784. The van der Waals surface area contributed by atoms with Crippen molar-refractivity contribution in [2.24, 2.45) is 17.3 Å². The Hall–Kier alpha value is -1.23. The van der Waals surface area contributed by atoms with E-state index >= 15 is 0 Å². The largest absolute Gasteiger partial charge is 0.335 e. The molecule has 0 aromatic heterocycles. The van der Waals surface area contributed by atoms with E-state index < -0.39 is 0 Å². The van der Waals surface area contributed by atoms with Gasteiger partial charge in [-0.1, -0.05) is 54.8 Å². The standard InChI is InChI=1S/C22H29Cl2N3O/c1-22(2)15-7-6-14(17(22)12-15)13-27-10-8-16(9-11-27)25-21(28)26-19-5-3-4-18(23)20(19)24/h3-6,15-17H,7-13H2,1-2H3,(H2,25,26,28)/t15-,17-/m0/s1. The third-order valence-electron chi connectivity index (χ3n) is 7.11. The Labute approximate surface area is 177 Å². The molecule has 2 N–H and O–H groups in total. The summed E-state index contributed by atoms with van der Waals surface area (Å²) < 4.78 is 0. The van der Waals surface area contributed by atoms with Gasteiger partial charge in [0.1, 0.15) is 0 Å². The molecule has 0 unspecified atom stereocenters. The predicted octanol–water partition coefficient (Wildman–Crippen LogP) is 5.57. The molecule has 152 valence electrons. The van der Waals surface area contributed by atoms with Crippen LogP contribution < -0.4 is 10.6 Å². The van der Waals surface area contributed by atoms with Crippen molar-refractivity contribution < 1.29 is 4.79 Å². The number of hydrogen-bond acceptors (Lipinski definition) is 2. The van der Waals surface area contributed by atoms with Gasteiger partial charge in [0.25, 0.3) is 0 Å². The molecule has 1 heterocycles. The van der Waals surface area contributed by atoms with Crippen LogP contribution in [-0.2, 0) is 0 Å². The molecule has 2 atom stereocenters. The molecular weight excluding hydrogens is 393 g/mol. The first-order chi connectivity index (χ1) is 13.3. The van der Waals surface area contributed by atoms with E-state index in [9.17, 15) is 4.79 Å². The summed E-state index contributed by atoms with van der Waals surface area (Å²) in [5.41, 5.74) is 2.67. The molecule has 1 saturated carbocycles. The van der Waals surface area contributed by atoms with Crippen LogP contribution in [-0.4, -0.2) is 36.6 Å². The number of fused-ring (bicyclic) bond motifs is 1. The molecule has 5 rings (SSSR count). The summed E-state index contributed by atoms with van der Waals surface area (Å²) >= 11 is 12.1. The van der Waals surface area contributed by atoms with Gasteiger partial charge in [0.05, 0.1) is 15.7 Å². The van der Waals surface area contributed by atoms with E-state index in [0.29, 0.717) is 21.1 Å². The summed E-state index contributed by atoms with van der Waals surface area (Å²) in [5.74, 6) is 1.66. The third-order valence-corrected chi connectivity index (χ3v) is 7.93. The lowest BCUT2D eigenvalue weighted by Gasteiger charge is -2.57. The molecule has 0 radical (unpaired) electrons. The van der Waals surface area contributed by atoms with Gasteiger partial charge < -0.3 is 10.6 Å². The molecule has 1 aromatic rings. The molecule has 1 saturated heterocycles. The fraction of sp³-hybridized carbons (Fsp3) is 0.591. The number of piperidine rings is 1. The highest BCUT2D eigenvalue weighted by Gasteiger charge is 2.51. The third kappa shape index (κ3) is 3.92. The first-order valence-electron chi connectivity index (χ1n) is 10.3. The molecule has 28 heavy (non-hydrogen) atoms. The van der Waals surface area contributed by atoms with Crippen molar-refractivity contribution in [3.05, 3.63) is 39.9 Å². The summed E-state index contributed by atoms with van der Waals surface area (Å²) in [7, 11) is 0. The molecule has 4 nitrogen and oxygen atoms in total. The van der Waals surface area contributed by atoms with Gasteiger partial charge in [-0.3, -0.25) is 4.90 Å². The lowest BCUT2D eigenvalue weighted by Crippen LogP contribution is -2.51. The molecular formula is C22H29Cl2N3O. The Balaban J connectivity index is 1.24. The number of amides is 2.